The molecule has 0 aliphatic carbocycles. The molecular weight excluding hydrogens is 697 g/mol. The van der Waals surface area contributed by atoms with Crippen LogP contribution < -0.4 is 0 Å². The maximum atomic E-state index is 12.7. The Morgan fingerprint density at radius 2 is 0.696 bits per heavy atom. The second kappa shape index (κ2) is 44.6. The molecule has 0 radical (unpaired) electrons. The van der Waals surface area contributed by atoms with E-state index in [1.54, 1.807) is 0 Å². The van der Waals surface area contributed by atoms with Crippen molar-refractivity contribution < 1.29 is 28.6 Å². The van der Waals surface area contributed by atoms with Crippen molar-refractivity contribution >= 4 is 17.9 Å². The van der Waals surface area contributed by atoms with Crippen LogP contribution in [0.15, 0.2) is 72.9 Å². The van der Waals surface area contributed by atoms with Crippen molar-refractivity contribution in [2.75, 3.05) is 13.2 Å². The zero-order chi connectivity index (χ0) is 40.8. The van der Waals surface area contributed by atoms with Crippen LogP contribution >= 0.6 is 0 Å². The van der Waals surface area contributed by atoms with Crippen molar-refractivity contribution in [3.8, 4) is 0 Å². The number of esters is 3. The van der Waals surface area contributed by atoms with Gasteiger partial charge in [-0.15, -0.1) is 0 Å². The molecule has 0 aromatic carbocycles. The lowest BCUT2D eigenvalue weighted by Gasteiger charge is -2.18. The highest BCUT2D eigenvalue weighted by atomic mass is 16.6. The molecule has 0 saturated carbocycles. The number of carbonyl (C=O) groups excluding carboxylic acids is 3. The van der Waals surface area contributed by atoms with E-state index in [1.807, 2.05) is 0 Å². The molecule has 0 bridgehead atoms. The minimum atomic E-state index is -0.800. The average molecular weight is 781 g/mol. The van der Waals surface area contributed by atoms with E-state index in [1.165, 1.54) is 57.8 Å². The second-order valence-electron chi connectivity index (χ2n) is 14.9. The van der Waals surface area contributed by atoms with Crippen LogP contribution in [-0.4, -0.2) is 37.2 Å². The third-order valence-electron chi connectivity index (χ3n) is 9.46. The standard InChI is InChI=1S/C50H84O6/c1-4-7-10-13-16-19-22-25-26-29-31-34-37-40-43-49(52)55-46-47(56-50(53)44-41-38-35-32-28-24-21-18-15-12-9-6-3)45-54-48(51)42-39-36-33-30-27-23-20-17-14-11-8-5-2/h7,9-10,12,16,18-19,21,25-26,28,32,47H,4-6,8,11,13-15,17,20,22-24,27,29-31,33-46H2,1-3H3/b10-7-,12-9-,19-16-,21-18-,26-25-,32-28-. The molecule has 56 heavy (non-hydrogen) atoms. The predicted molar refractivity (Wildman–Crippen MR) is 238 cm³/mol. The first-order valence-electron chi connectivity index (χ1n) is 22.9. The average Bonchev–Trinajstić information content (AvgIpc) is 3.19. The van der Waals surface area contributed by atoms with Crippen molar-refractivity contribution in [3.63, 3.8) is 0 Å². The highest BCUT2D eigenvalue weighted by Crippen LogP contribution is 2.14. The van der Waals surface area contributed by atoms with Gasteiger partial charge in [0.05, 0.1) is 0 Å². The molecular formula is C50H84O6. The monoisotopic (exact) mass is 781 g/mol. The van der Waals surface area contributed by atoms with Crippen molar-refractivity contribution in [1.82, 2.24) is 0 Å². The minimum Gasteiger partial charge on any atom is -0.462 e. The Morgan fingerprint density at radius 1 is 0.375 bits per heavy atom. The third-order valence-corrected chi connectivity index (χ3v) is 9.46. The van der Waals surface area contributed by atoms with E-state index in [0.717, 1.165) is 103 Å². The van der Waals surface area contributed by atoms with Crippen molar-refractivity contribution in [2.24, 2.45) is 0 Å². The van der Waals surface area contributed by atoms with Crippen LogP contribution in [0.2, 0.25) is 0 Å². The zero-order valence-corrected chi connectivity index (χ0v) is 36.4. The van der Waals surface area contributed by atoms with Gasteiger partial charge in [-0.1, -0.05) is 177 Å². The smallest absolute Gasteiger partial charge is 0.306 e. The number of allylic oxidation sites excluding steroid dienone is 12. The van der Waals surface area contributed by atoms with E-state index in [2.05, 4.69) is 93.7 Å². The summed E-state index contributed by atoms with van der Waals surface area (Å²) in [5.74, 6) is -0.965. The Bertz CT molecular complexity index is 1080. The Morgan fingerprint density at radius 3 is 1.12 bits per heavy atom. The molecule has 0 N–H and O–H groups in total. The van der Waals surface area contributed by atoms with Crippen LogP contribution in [0.4, 0.5) is 0 Å². The molecule has 0 saturated heterocycles. The fourth-order valence-corrected chi connectivity index (χ4v) is 6.06. The lowest BCUT2D eigenvalue weighted by Crippen LogP contribution is -2.30. The summed E-state index contributed by atoms with van der Waals surface area (Å²) in [6, 6.07) is 0. The summed E-state index contributed by atoms with van der Waals surface area (Å²) in [5, 5.41) is 0. The SMILES string of the molecule is CC/C=C\C/C=C\C/C=C\CCCCCCC(=O)OCC(COC(=O)CCCCCCCCCCCCCC)OC(=O)CCCC/C=C\C/C=C\C/C=C\CC. The number of unbranched alkanes of at least 4 members (excludes halogenated alkanes) is 17. The molecule has 1 atom stereocenters. The molecule has 0 spiro atoms. The Balaban J connectivity index is 4.47. The van der Waals surface area contributed by atoms with Crippen LogP contribution in [-0.2, 0) is 28.6 Å². The summed E-state index contributed by atoms with van der Waals surface area (Å²) < 4.78 is 16.7. The van der Waals surface area contributed by atoms with Gasteiger partial charge < -0.3 is 14.2 Å². The first-order chi connectivity index (χ1) is 27.5. The lowest BCUT2D eigenvalue weighted by atomic mass is 10.0. The van der Waals surface area contributed by atoms with Gasteiger partial charge in [0.2, 0.25) is 0 Å². The molecule has 1 unspecified atom stereocenters. The number of hydrogen-bond donors (Lipinski definition) is 0. The van der Waals surface area contributed by atoms with Gasteiger partial charge in [0.1, 0.15) is 13.2 Å². The molecule has 6 heteroatoms. The topological polar surface area (TPSA) is 78.9 Å². The maximum absolute atomic E-state index is 12.7. The molecule has 0 heterocycles. The number of carbonyl (C=O) groups is 3. The largest absolute Gasteiger partial charge is 0.462 e. The first kappa shape index (κ1) is 52.9. The quantitative estimate of drug-likeness (QED) is 0.0267. The predicted octanol–water partition coefficient (Wildman–Crippen LogP) is 14.7. The molecule has 0 rings (SSSR count). The van der Waals surface area contributed by atoms with Crippen LogP contribution in [0.5, 0.6) is 0 Å². The van der Waals surface area contributed by atoms with Gasteiger partial charge in [0, 0.05) is 19.3 Å². The highest BCUT2D eigenvalue weighted by molar-refractivity contribution is 5.71. The minimum absolute atomic E-state index is 0.0974. The highest BCUT2D eigenvalue weighted by Gasteiger charge is 2.19. The molecule has 0 aromatic heterocycles. The fraction of sp³-hybridized carbons (Fsp3) is 0.700. The summed E-state index contributed by atoms with van der Waals surface area (Å²) in [6.45, 7) is 6.33. The van der Waals surface area contributed by atoms with Gasteiger partial charge in [-0.3, -0.25) is 14.4 Å². The lowest BCUT2D eigenvalue weighted by molar-refractivity contribution is -0.167. The van der Waals surface area contributed by atoms with Crippen LogP contribution in [0.25, 0.3) is 0 Å². The Labute approximate surface area is 344 Å². The molecule has 0 aromatic rings. The van der Waals surface area contributed by atoms with Crippen molar-refractivity contribution in [2.45, 2.75) is 213 Å². The molecule has 0 aliphatic heterocycles. The molecule has 320 valence electrons. The maximum Gasteiger partial charge on any atom is 0.306 e. The normalized spacial score (nSPS) is 12.7. The summed E-state index contributed by atoms with van der Waals surface area (Å²) in [5.41, 5.74) is 0. The van der Waals surface area contributed by atoms with Crippen LogP contribution in [0.1, 0.15) is 207 Å². The van der Waals surface area contributed by atoms with Gasteiger partial charge in [-0.05, 0) is 83.5 Å². The summed E-state index contributed by atoms with van der Waals surface area (Å²) in [6.07, 6.45) is 54.6. The van der Waals surface area contributed by atoms with E-state index < -0.39 is 6.10 Å². The van der Waals surface area contributed by atoms with Gasteiger partial charge in [-0.25, -0.2) is 0 Å². The van der Waals surface area contributed by atoms with Gasteiger partial charge in [-0.2, -0.15) is 0 Å². The van der Waals surface area contributed by atoms with Crippen LogP contribution in [0.3, 0.4) is 0 Å². The number of hydrogen-bond acceptors (Lipinski definition) is 6. The number of ether oxygens (including phenoxy) is 3. The summed E-state index contributed by atoms with van der Waals surface area (Å²) >= 11 is 0. The van der Waals surface area contributed by atoms with Gasteiger partial charge >= 0.3 is 17.9 Å². The summed E-state index contributed by atoms with van der Waals surface area (Å²) in [7, 11) is 0. The summed E-state index contributed by atoms with van der Waals surface area (Å²) in [4.78, 5) is 37.7. The Kier molecular flexibility index (Phi) is 42.1. The number of rotatable bonds is 40. The second-order valence-corrected chi connectivity index (χ2v) is 14.9. The zero-order valence-electron chi connectivity index (χ0n) is 36.4. The fourth-order valence-electron chi connectivity index (χ4n) is 6.06. The molecule has 6 nitrogen and oxygen atoms in total. The van der Waals surface area contributed by atoms with Crippen molar-refractivity contribution in [1.29, 1.82) is 0 Å². The van der Waals surface area contributed by atoms with E-state index in [-0.39, 0.29) is 37.5 Å². The van der Waals surface area contributed by atoms with Gasteiger partial charge in [0.15, 0.2) is 6.10 Å². The van der Waals surface area contributed by atoms with E-state index in [9.17, 15) is 14.4 Å². The van der Waals surface area contributed by atoms with Crippen LogP contribution in [0, 0.1) is 0 Å². The third kappa shape index (κ3) is 42.0. The first-order valence-corrected chi connectivity index (χ1v) is 22.9. The van der Waals surface area contributed by atoms with E-state index >= 15 is 0 Å². The van der Waals surface area contributed by atoms with E-state index in [4.69, 9.17) is 14.2 Å². The molecule has 0 fully saturated rings. The van der Waals surface area contributed by atoms with E-state index in [0.29, 0.717) is 19.3 Å². The van der Waals surface area contributed by atoms with Gasteiger partial charge in [0.25, 0.3) is 0 Å². The molecule has 0 aliphatic rings. The van der Waals surface area contributed by atoms with Crippen molar-refractivity contribution in [3.05, 3.63) is 72.9 Å². The molecule has 0 amide bonds. The Hall–Kier alpha value is -3.15.